The van der Waals surface area contributed by atoms with Gasteiger partial charge in [-0.1, -0.05) is 17.7 Å². The molecule has 1 aromatic heterocycles. The van der Waals surface area contributed by atoms with Crippen LogP contribution in [0.4, 0.5) is 4.39 Å². The van der Waals surface area contributed by atoms with E-state index in [9.17, 15) is 4.39 Å². The summed E-state index contributed by atoms with van der Waals surface area (Å²) in [6, 6.07) is 6.49. The number of thiophene rings is 1. The molecule has 3 nitrogen and oxygen atoms in total. The average molecular weight is 266 g/mol. The summed E-state index contributed by atoms with van der Waals surface area (Å²) in [5.41, 5.74) is 4.19. The van der Waals surface area contributed by atoms with Crippen molar-refractivity contribution in [1.82, 2.24) is 5.43 Å². The Hall–Kier alpha value is -1.43. The summed E-state index contributed by atoms with van der Waals surface area (Å²) in [6.07, 6.45) is 0. The fourth-order valence-electron chi connectivity index (χ4n) is 1.80. The number of hydrogen-bond donors (Lipinski definition) is 2. The number of nitrogens with two attached hydrogens (primary N) is 1. The van der Waals surface area contributed by atoms with E-state index in [1.165, 1.54) is 17.4 Å². The summed E-state index contributed by atoms with van der Waals surface area (Å²) in [7, 11) is 1.60. The molecule has 1 unspecified atom stereocenters. The predicted molar refractivity (Wildman–Crippen MR) is 71.2 cm³/mol. The summed E-state index contributed by atoms with van der Waals surface area (Å²) in [4.78, 5) is 0.916. The van der Waals surface area contributed by atoms with Crippen molar-refractivity contribution in [1.29, 1.82) is 0 Å². The summed E-state index contributed by atoms with van der Waals surface area (Å²) in [5, 5.41) is 1.87. The first kappa shape index (κ1) is 13.0. The summed E-state index contributed by atoms with van der Waals surface area (Å²) < 4.78 is 19.0. The molecule has 2 aromatic rings. The summed E-state index contributed by atoms with van der Waals surface area (Å²) in [5.74, 6) is 6.04. The zero-order valence-electron chi connectivity index (χ0n) is 10.2. The van der Waals surface area contributed by atoms with Crippen LogP contribution in [0.2, 0.25) is 0 Å². The first-order chi connectivity index (χ1) is 8.65. The number of hydrazine groups is 1. The fourth-order valence-corrected chi connectivity index (χ4v) is 2.73. The van der Waals surface area contributed by atoms with Crippen LogP contribution in [0.1, 0.15) is 22.0 Å². The van der Waals surface area contributed by atoms with Crippen molar-refractivity contribution in [2.75, 3.05) is 7.11 Å². The topological polar surface area (TPSA) is 47.3 Å². The Morgan fingerprint density at radius 1 is 1.39 bits per heavy atom. The van der Waals surface area contributed by atoms with Crippen LogP contribution in [-0.2, 0) is 0 Å². The van der Waals surface area contributed by atoms with Crippen molar-refractivity contribution in [3.05, 3.63) is 51.5 Å². The Morgan fingerprint density at radius 3 is 2.78 bits per heavy atom. The second-order valence-corrected chi connectivity index (χ2v) is 4.96. The average Bonchev–Trinajstić information content (AvgIpc) is 2.83. The monoisotopic (exact) mass is 266 g/mol. The van der Waals surface area contributed by atoms with Crippen LogP contribution in [0, 0.1) is 12.7 Å². The van der Waals surface area contributed by atoms with E-state index in [0.29, 0.717) is 5.56 Å². The fraction of sp³-hybridized carbons (Fsp3) is 0.231. The van der Waals surface area contributed by atoms with E-state index >= 15 is 0 Å². The van der Waals surface area contributed by atoms with Crippen molar-refractivity contribution in [2.24, 2.45) is 5.84 Å². The lowest BCUT2D eigenvalue weighted by Gasteiger charge is -2.16. The van der Waals surface area contributed by atoms with E-state index in [-0.39, 0.29) is 11.9 Å². The Bertz CT molecular complexity index is 542. The molecule has 0 saturated heterocycles. The normalized spacial score (nSPS) is 12.4. The predicted octanol–water partition coefficient (Wildman–Crippen LogP) is 2.76. The highest BCUT2D eigenvalue weighted by molar-refractivity contribution is 7.10. The van der Waals surface area contributed by atoms with Gasteiger partial charge in [-0.25, -0.2) is 9.82 Å². The van der Waals surface area contributed by atoms with Gasteiger partial charge in [-0.2, -0.15) is 0 Å². The minimum absolute atomic E-state index is 0.268. The molecule has 5 heteroatoms. The molecule has 96 valence electrons. The molecule has 0 radical (unpaired) electrons. The maximum absolute atomic E-state index is 13.9. The first-order valence-corrected chi connectivity index (χ1v) is 6.38. The highest BCUT2D eigenvalue weighted by atomic mass is 32.1. The number of halogens is 1. The standard InChI is InChI=1S/C13H15FN2OS/c1-8-3-4-11(14)10(5-8)13(16-15)12-6-9(17-2)7-18-12/h3-7,13,16H,15H2,1-2H3. The lowest BCUT2D eigenvalue weighted by Crippen LogP contribution is -2.29. The maximum atomic E-state index is 13.9. The Labute approximate surface area is 109 Å². The zero-order chi connectivity index (χ0) is 13.1. The van der Waals surface area contributed by atoms with Gasteiger partial charge >= 0.3 is 0 Å². The molecule has 1 aromatic carbocycles. The van der Waals surface area contributed by atoms with Gasteiger partial charge < -0.3 is 4.74 Å². The van der Waals surface area contributed by atoms with Gasteiger partial charge in [0.1, 0.15) is 11.6 Å². The van der Waals surface area contributed by atoms with Crippen molar-refractivity contribution in [2.45, 2.75) is 13.0 Å². The zero-order valence-corrected chi connectivity index (χ0v) is 11.1. The molecule has 3 N–H and O–H groups in total. The smallest absolute Gasteiger partial charge is 0.129 e. The number of aryl methyl sites for hydroxylation is 1. The number of hydrogen-bond acceptors (Lipinski definition) is 4. The van der Waals surface area contributed by atoms with Gasteiger partial charge in [0, 0.05) is 15.8 Å². The molecule has 0 aliphatic carbocycles. The lowest BCUT2D eigenvalue weighted by molar-refractivity contribution is 0.416. The summed E-state index contributed by atoms with van der Waals surface area (Å²) in [6.45, 7) is 1.92. The second kappa shape index (κ2) is 5.48. The Kier molecular flexibility index (Phi) is 3.96. The SMILES string of the molecule is COc1csc(C(NN)c2cc(C)ccc2F)c1. The van der Waals surface area contributed by atoms with E-state index in [4.69, 9.17) is 10.6 Å². The molecule has 0 bridgehead atoms. The maximum Gasteiger partial charge on any atom is 0.129 e. The van der Waals surface area contributed by atoms with Crippen LogP contribution in [-0.4, -0.2) is 7.11 Å². The number of nitrogens with one attached hydrogen (secondary N) is 1. The van der Waals surface area contributed by atoms with E-state index in [0.717, 1.165) is 16.2 Å². The Morgan fingerprint density at radius 2 is 2.17 bits per heavy atom. The van der Waals surface area contributed by atoms with Crippen molar-refractivity contribution in [3.63, 3.8) is 0 Å². The largest absolute Gasteiger partial charge is 0.496 e. The molecule has 0 aliphatic heterocycles. The van der Waals surface area contributed by atoms with Crippen molar-refractivity contribution >= 4 is 11.3 Å². The lowest BCUT2D eigenvalue weighted by atomic mass is 10.0. The van der Waals surface area contributed by atoms with E-state index in [1.807, 2.05) is 18.4 Å². The molecule has 0 amide bonds. The number of benzene rings is 1. The van der Waals surface area contributed by atoms with E-state index in [2.05, 4.69) is 5.43 Å². The first-order valence-electron chi connectivity index (χ1n) is 5.50. The van der Waals surface area contributed by atoms with E-state index < -0.39 is 0 Å². The van der Waals surface area contributed by atoms with Crippen molar-refractivity contribution < 1.29 is 9.13 Å². The number of methoxy groups -OCH3 is 1. The number of ether oxygens (including phenoxy) is 1. The van der Waals surface area contributed by atoms with Crippen LogP contribution >= 0.6 is 11.3 Å². The molecular formula is C13H15FN2OS. The molecule has 1 atom stereocenters. The van der Waals surface area contributed by atoms with Crippen LogP contribution in [0.5, 0.6) is 5.75 Å². The molecule has 0 spiro atoms. The van der Waals surface area contributed by atoms with Crippen LogP contribution in [0.3, 0.4) is 0 Å². The van der Waals surface area contributed by atoms with Gasteiger partial charge in [0.25, 0.3) is 0 Å². The van der Waals surface area contributed by atoms with Gasteiger partial charge in [0.05, 0.1) is 13.2 Å². The summed E-state index contributed by atoms with van der Waals surface area (Å²) >= 11 is 1.48. The van der Waals surface area contributed by atoms with Gasteiger partial charge in [0.15, 0.2) is 0 Å². The third kappa shape index (κ3) is 2.53. The highest BCUT2D eigenvalue weighted by Crippen LogP contribution is 2.32. The minimum Gasteiger partial charge on any atom is -0.496 e. The van der Waals surface area contributed by atoms with Gasteiger partial charge in [-0.15, -0.1) is 11.3 Å². The Balaban J connectivity index is 2.41. The molecule has 0 saturated carbocycles. The molecule has 2 rings (SSSR count). The van der Waals surface area contributed by atoms with Crippen LogP contribution in [0.15, 0.2) is 29.6 Å². The minimum atomic E-state index is -0.362. The molecular weight excluding hydrogens is 251 g/mol. The van der Waals surface area contributed by atoms with Crippen molar-refractivity contribution in [3.8, 4) is 5.75 Å². The third-order valence-corrected chi connectivity index (χ3v) is 3.72. The molecule has 0 fully saturated rings. The van der Waals surface area contributed by atoms with Gasteiger partial charge in [-0.3, -0.25) is 5.84 Å². The molecule has 0 aliphatic rings. The number of rotatable bonds is 4. The van der Waals surface area contributed by atoms with Gasteiger partial charge in [-0.05, 0) is 19.1 Å². The quantitative estimate of drug-likeness (QED) is 0.661. The second-order valence-electron chi connectivity index (χ2n) is 4.01. The molecule has 1 heterocycles. The third-order valence-electron chi connectivity index (χ3n) is 2.75. The van der Waals surface area contributed by atoms with Crippen LogP contribution in [0.25, 0.3) is 0 Å². The van der Waals surface area contributed by atoms with Gasteiger partial charge in [0.2, 0.25) is 0 Å². The van der Waals surface area contributed by atoms with Crippen LogP contribution < -0.4 is 16.0 Å². The van der Waals surface area contributed by atoms with E-state index in [1.54, 1.807) is 19.2 Å². The highest BCUT2D eigenvalue weighted by Gasteiger charge is 2.18. The molecule has 18 heavy (non-hydrogen) atoms.